The number of carbonyl (C=O) groups excluding carboxylic acids is 2. The van der Waals surface area contributed by atoms with Crippen LogP contribution in [0.3, 0.4) is 0 Å². The first-order chi connectivity index (χ1) is 10.6. The number of halogens is 1. The summed E-state index contributed by atoms with van der Waals surface area (Å²) < 4.78 is 0. The van der Waals surface area contributed by atoms with Gasteiger partial charge in [-0.05, 0) is 42.0 Å². The molecule has 1 heterocycles. The lowest BCUT2D eigenvalue weighted by Gasteiger charge is -2.17. The van der Waals surface area contributed by atoms with Crippen LogP contribution < -0.4 is 10.6 Å². The third-order valence-electron chi connectivity index (χ3n) is 3.24. The Hall–Kier alpha value is -1.98. The summed E-state index contributed by atoms with van der Waals surface area (Å²) in [5, 5.41) is 6.29. The highest BCUT2D eigenvalue weighted by Crippen LogP contribution is 2.31. The summed E-state index contributed by atoms with van der Waals surface area (Å²) in [5.74, 6) is 0.285. The minimum atomic E-state index is -0.159. The SMILES string of the molecule is O=C1CSc2ccc(CNC(=O)c3ccc(Cl)cc3)cc2N1. The van der Waals surface area contributed by atoms with Gasteiger partial charge in [0.05, 0.1) is 11.4 Å². The Balaban J connectivity index is 1.66. The van der Waals surface area contributed by atoms with E-state index in [1.165, 1.54) is 11.8 Å². The minimum Gasteiger partial charge on any atom is -0.348 e. The summed E-state index contributed by atoms with van der Waals surface area (Å²) in [6.45, 7) is 0.398. The largest absolute Gasteiger partial charge is 0.348 e. The van der Waals surface area contributed by atoms with Crippen molar-refractivity contribution in [2.24, 2.45) is 0 Å². The molecule has 3 rings (SSSR count). The minimum absolute atomic E-state index is 0.000139. The molecule has 0 atom stereocenters. The molecular formula is C16H13ClN2O2S. The predicted octanol–water partition coefficient (Wildman–Crippen LogP) is 3.31. The number of amides is 2. The fraction of sp³-hybridized carbons (Fsp3) is 0.125. The molecule has 2 aromatic rings. The van der Waals surface area contributed by atoms with E-state index in [4.69, 9.17) is 11.6 Å². The normalized spacial score (nSPS) is 13.2. The van der Waals surface area contributed by atoms with Crippen molar-refractivity contribution in [3.63, 3.8) is 0 Å². The lowest BCUT2D eigenvalue weighted by Crippen LogP contribution is -2.23. The standard InChI is InChI=1S/C16H13ClN2O2S/c17-12-4-2-11(3-5-12)16(21)18-8-10-1-6-14-13(7-10)19-15(20)9-22-14/h1-7H,8-9H2,(H,18,21)(H,19,20). The molecule has 2 amide bonds. The fourth-order valence-corrected chi connectivity index (χ4v) is 3.04. The molecule has 0 saturated heterocycles. The maximum Gasteiger partial charge on any atom is 0.251 e. The Morgan fingerprint density at radius 1 is 1.23 bits per heavy atom. The van der Waals surface area contributed by atoms with Gasteiger partial charge in [0.25, 0.3) is 5.91 Å². The molecule has 112 valence electrons. The summed E-state index contributed by atoms with van der Waals surface area (Å²) in [6.07, 6.45) is 0. The molecule has 4 nitrogen and oxygen atoms in total. The zero-order valence-corrected chi connectivity index (χ0v) is 13.1. The van der Waals surface area contributed by atoms with Gasteiger partial charge in [-0.15, -0.1) is 11.8 Å². The van der Waals surface area contributed by atoms with E-state index in [9.17, 15) is 9.59 Å². The van der Waals surface area contributed by atoms with Crippen LogP contribution in [0.15, 0.2) is 47.4 Å². The number of hydrogen-bond donors (Lipinski definition) is 2. The number of hydrogen-bond acceptors (Lipinski definition) is 3. The number of nitrogens with one attached hydrogen (secondary N) is 2. The molecule has 6 heteroatoms. The van der Waals surface area contributed by atoms with Crippen LogP contribution >= 0.6 is 23.4 Å². The van der Waals surface area contributed by atoms with Gasteiger partial charge >= 0.3 is 0 Å². The number of benzene rings is 2. The zero-order chi connectivity index (χ0) is 15.5. The van der Waals surface area contributed by atoms with Crippen LogP contribution in [-0.2, 0) is 11.3 Å². The van der Waals surface area contributed by atoms with Crippen molar-refractivity contribution in [2.75, 3.05) is 11.1 Å². The monoisotopic (exact) mass is 332 g/mol. The summed E-state index contributed by atoms with van der Waals surface area (Å²) in [5.41, 5.74) is 2.30. The average Bonchev–Trinajstić information content (AvgIpc) is 2.53. The molecule has 1 aliphatic heterocycles. The quantitative estimate of drug-likeness (QED) is 0.906. The van der Waals surface area contributed by atoms with Crippen LogP contribution in [0.4, 0.5) is 5.69 Å². The molecular weight excluding hydrogens is 320 g/mol. The van der Waals surface area contributed by atoms with E-state index in [1.54, 1.807) is 24.3 Å². The van der Waals surface area contributed by atoms with Crippen LogP contribution in [0.1, 0.15) is 15.9 Å². The second-order valence-electron chi connectivity index (χ2n) is 4.86. The molecule has 2 N–H and O–H groups in total. The first-order valence-electron chi connectivity index (χ1n) is 6.71. The molecule has 0 unspecified atom stereocenters. The van der Waals surface area contributed by atoms with E-state index in [0.29, 0.717) is 22.9 Å². The first-order valence-corrected chi connectivity index (χ1v) is 8.07. The van der Waals surface area contributed by atoms with E-state index in [1.807, 2.05) is 18.2 Å². The van der Waals surface area contributed by atoms with E-state index in [-0.39, 0.29) is 11.8 Å². The fourth-order valence-electron chi connectivity index (χ4n) is 2.13. The van der Waals surface area contributed by atoms with Crippen LogP contribution in [0.25, 0.3) is 0 Å². The van der Waals surface area contributed by atoms with Gasteiger partial charge in [-0.2, -0.15) is 0 Å². The predicted molar refractivity (Wildman–Crippen MR) is 88.4 cm³/mol. The van der Waals surface area contributed by atoms with Gasteiger partial charge in [0, 0.05) is 22.0 Å². The number of carbonyl (C=O) groups is 2. The van der Waals surface area contributed by atoms with E-state index >= 15 is 0 Å². The van der Waals surface area contributed by atoms with Crippen LogP contribution in [-0.4, -0.2) is 17.6 Å². The van der Waals surface area contributed by atoms with Gasteiger partial charge in [0.2, 0.25) is 5.91 Å². The second-order valence-corrected chi connectivity index (χ2v) is 6.31. The topological polar surface area (TPSA) is 58.2 Å². The highest BCUT2D eigenvalue weighted by atomic mass is 35.5. The highest BCUT2D eigenvalue weighted by molar-refractivity contribution is 8.00. The average molecular weight is 333 g/mol. The van der Waals surface area contributed by atoms with Crippen molar-refractivity contribution in [3.8, 4) is 0 Å². The number of anilines is 1. The molecule has 0 fully saturated rings. The lowest BCUT2D eigenvalue weighted by molar-refractivity contribution is -0.113. The number of thioether (sulfide) groups is 1. The Bertz CT molecular complexity index is 731. The summed E-state index contributed by atoms with van der Waals surface area (Å²) in [6, 6.07) is 12.5. The molecule has 22 heavy (non-hydrogen) atoms. The van der Waals surface area contributed by atoms with Gasteiger partial charge in [-0.3, -0.25) is 9.59 Å². The summed E-state index contributed by atoms with van der Waals surface area (Å²) in [7, 11) is 0. The smallest absolute Gasteiger partial charge is 0.251 e. The zero-order valence-electron chi connectivity index (χ0n) is 11.6. The van der Waals surface area contributed by atoms with Crippen LogP contribution in [0.2, 0.25) is 5.02 Å². The maximum absolute atomic E-state index is 12.0. The number of fused-ring (bicyclic) bond motifs is 1. The molecule has 0 aliphatic carbocycles. The van der Waals surface area contributed by atoms with E-state index in [2.05, 4.69) is 10.6 Å². The van der Waals surface area contributed by atoms with Crippen molar-refractivity contribution in [1.29, 1.82) is 0 Å². The van der Waals surface area contributed by atoms with Gasteiger partial charge in [-0.25, -0.2) is 0 Å². The van der Waals surface area contributed by atoms with Gasteiger partial charge in [0.15, 0.2) is 0 Å². The van der Waals surface area contributed by atoms with Crippen molar-refractivity contribution >= 4 is 40.9 Å². The highest BCUT2D eigenvalue weighted by Gasteiger charge is 2.15. The van der Waals surface area contributed by atoms with E-state index < -0.39 is 0 Å². The van der Waals surface area contributed by atoms with E-state index in [0.717, 1.165) is 16.1 Å². The molecule has 0 spiro atoms. The van der Waals surface area contributed by atoms with Crippen LogP contribution in [0, 0.1) is 0 Å². The van der Waals surface area contributed by atoms with Crippen molar-refractivity contribution in [1.82, 2.24) is 5.32 Å². The maximum atomic E-state index is 12.0. The molecule has 0 aromatic heterocycles. The molecule has 0 saturated carbocycles. The molecule has 1 aliphatic rings. The Labute approximate surface area is 137 Å². The third kappa shape index (κ3) is 3.43. The molecule has 2 aromatic carbocycles. The summed E-state index contributed by atoms with van der Waals surface area (Å²) in [4.78, 5) is 24.5. The third-order valence-corrected chi connectivity index (χ3v) is 4.56. The molecule has 0 radical (unpaired) electrons. The van der Waals surface area contributed by atoms with Gasteiger partial charge in [0.1, 0.15) is 0 Å². The number of rotatable bonds is 3. The van der Waals surface area contributed by atoms with Crippen molar-refractivity contribution in [3.05, 3.63) is 58.6 Å². The Morgan fingerprint density at radius 3 is 2.77 bits per heavy atom. The summed E-state index contributed by atoms with van der Waals surface area (Å²) >= 11 is 7.32. The first kappa shape index (κ1) is 14.9. The second kappa shape index (κ2) is 6.42. The Morgan fingerprint density at radius 2 is 2.00 bits per heavy atom. The van der Waals surface area contributed by atoms with Crippen molar-refractivity contribution in [2.45, 2.75) is 11.4 Å². The van der Waals surface area contributed by atoms with Gasteiger partial charge in [-0.1, -0.05) is 17.7 Å². The Kier molecular flexibility index (Phi) is 4.36. The lowest BCUT2D eigenvalue weighted by atomic mass is 10.1. The molecule has 0 bridgehead atoms. The van der Waals surface area contributed by atoms with Crippen LogP contribution in [0.5, 0.6) is 0 Å². The van der Waals surface area contributed by atoms with Gasteiger partial charge < -0.3 is 10.6 Å². The van der Waals surface area contributed by atoms with Crippen molar-refractivity contribution < 1.29 is 9.59 Å².